The average Bonchev–Trinajstić information content (AvgIpc) is 2.96. The largest absolute Gasteiger partial charge is 0.350 e. The van der Waals surface area contributed by atoms with Crippen molar-refractivity contribution >= 4 is 29.3 Å². The summed E-state index contributed by atoms with van der Waals surface area (Å²) in [5.74, 6) is -0.583. The van der Waals surface area contributed by atoms with Crippen molar-refractivity contribution in [1.82, 2.24) is 4.90 Å². The minimum atomic E-state index is -0.308. The second-order valence-electron chi connectivity index (χ2n) is 6.79. The number of imide groups is 1. The van der Waals surface area contributed by atoms with Crippen molar-refractivity contribution in [2.75, 3.05) is 5.32 Å². The molecule has 0 aliphatic carbocycles. The number of anilines is 1. The SMILES string of the molecule is Cc1ccc(SC2=C(Nc3ccccc3)C(=O)N(Cc3ccccc3)C2=O)cc1. The van der Waals surface area contributed by atoms with Crippen LogP contribution in [-0.2, 0) is 16.1 Å². The highest BCUT2D eigenvalue weighted by Crippen LogP contribution is 2.36. The van der Waals surface area contributed by atoms with Crippen LogP contribution in [0.2, 0.25) is 0 Å². The van der Waals surface area contributed by atoms with Crippen molar-refractivity contribution in [3.63, 3.8) is 0 Å². The van der Waals surface area contributed by atoms with E-state index < -0.39 is 0 Å². The zero-order chi connectivity index (χ0) is 20.2. The molecule has 1 heterocycles. The Balaban J connectivity index is 1.67. The predicted octanol–water partition coefficient (Wildman–Crippen LogP) is 4.98. The van der Waals surface area contributed by atoms with Crippen LogP contribution in [0.5, 0.6) is 0 Å². The Morgan fingerprint density at radius 3 is 2.07 bits per heavy atom. The summed E-state index contributed by atoms with van der Waals surface area (Å²) in [6, 6.07) is 26.9. The van der Waals surface area contributed by atoms with Crippen LogP contribution in [0.15, 0.2) is 100 Å². The van der Waals surface area contributed by atoms with Crippen molar-refractivity contribution in [2.24, 2.45) is 0 Å². The van der Waals surface area contributed by atoms with Crippen molar-refractivity contribution in [3.05, 3.63) is 107 Å². The lowest BCUT2D eigenvalue weighted by atomic mass is 10.2. The third kappa shape index (κ3) is 4.25. The van der Waals surface area contributed by atoms with Gasteiger partial charge in [0.05, 0.1) is 6.54 Å². The maximum atomic E-state index is 13.2. The Bertz CT molecular complexity index is 1060. The molecule has 29 heavy (non-hydrogen) atoms. The average molecular weight is 401 g/mol. The molecule has 0 radical (unpaired) electrons. The summed E-state index contributed by atoms with van der Waals surface area (Å²) in [6.07, 6.45) is 0. The molecule has 3 aromatic carbocycles. The van der Waals surface area contributed by atoms with Gasteiger partial charge in [0, 0.05) is 10.6 Å². The van der Waals surface area contributed by atoms with Crippen LogP contribution in [-0.4, -0.2) is 16.7 Å². The van der Waals surface area contributed by atoms with Gasteiger partial charge in [-0.1, -0.05) is 78.0 Å². The predicted molar refractivity (Wildman–Crippen MR) is 116 cm³/mol. The van der Waals surface area contributed by atoms with Crippen molar-refractivity contribution in [3.8, 4) is 0 Å². The first-order chi connectivity index (χ1) is 14.1. The van der Waals surface area contributed by atoms with Gasteiger partial charge < -0.3 is 5.32 Å². The summed E-state index contributed by atoms with van der Waals surface area (Å²) >= 11 is 1.32. The second kappa shape index (κ2) is 8.37. The number of amides is 2. The summed E-state index contributed by atoms with van der Waals surface area (Å²) < 4.78 is 0. The normalized spacial score (nSPS) is 13.9. The number of carbonyl (C=O) groups is 2. The van der Waals surface area contributed by atoms with Crippen LogP contribution in [0, 0.1) is 6.92 Å². The number of hydrogen-bond acceptors (Lipinski definition) is 4. The van der Waals surface area contributed by atoms with Crippen LogP contribution in [0.4, 0.5) is 5.69 Å². The maximum absolute atomic E-state index is 13.2. The molecule has 1 aliphatic rings. The van der Waals surface area contributed by atoms with Gasteiger partial charge in [0.1, 0.15) is 10.6 Å². The minimum Gasteiger partial charge on any atom is -0.350 e. The number of hydrogen-bond donors (Lipinski definition) is 1. The Morgan fingerprint density at radius 2 is 1.41 bits per heavy atom. The number of aryl methyl sites for hydroxylation is 1. The fourth-order valence-corrected chi connectivity index (χ4v) is 4.00. The lowest BCUT2D eigenvalue weighted by Gasteiger charge is -2.15. The monoisotopic (exact) mass is 400 g/mol. The van der Waals surface area contributed by atoms with E-state index in [4.69, 9.17) is 0 Å². The molecule has 0 saturated heterocycles. The molecule has 2 amide bonds. The number of carbonyl (C=O) groups excluding carboxylic acids is 2. The van der Waals surface area contributed by atoms with Crippen molar-refractivity contribution < 1.29 is 9.59 Å². The molecule has 0 atom stereocenters. The van der Waals surface area contributed by atoms with E-state index in [1.807, 2.05) is 91.9 Å². The lowest BCUT2D eigenvalue weighted by Crippen LogP contribution is -2.31. The molecule has 0 saturated carbocycles. The van der Waals surface area contributed by atoms with E-state index >= 15 is 0 Å². The number of rotatable bonds is 6. The fraction of sp³-hybridized carbons (Fsp3) is 0.0833. The number of nitrogens with one attached hydrogen (secondary N) is 1. The lowest BCUT2D eigenvalue weighted by molar-refractivity contribution is -0.137. The van der Waals surface area contributed by atoms with E-state index in [1.54, 1.807) is 0 Å². The maximum Gasteiger partial charge on any atom is 0.278 e. The first kappa shape index (κ1) is 19.0. The van der Waals surface area contributed by atoms with Crippen LogP contribution >= 0.6 is 11.8 Å². The first-order valence-corrected chi connectivity index (χ1v) is 10.1. The fourth-order valence-electron chi connectivity index (χ4n) is 3.06. The van der Waals surface area contributed by atoms with E-state index in [9.17, 15) is 9.59 Å². The highest BCUT2D eigenvalue weighted by atomic mass is 32.2. The number of thioether (sulfide) groups is 1. The second-order valence-corrected chi connectivity index (χ2v) is 7.88. The molecule has 0 unspecified atom stereocenters. The third-order valence-electron chi connectivity index (χ3n) is 4.59. The van der Waals surface area contributed by atoms with Gasteiger partial charge in [-0.3, -0.25) is 14.5 Å². The molecule has 4 rings (SSSR count). The molecule has 0 aromatic heterocycles. The number of nitrogens with zero attached hydrogens (tertiary/aromatic N) is 1. The molecular formula is C24H20N2O2S. The highest BCUT2D eigenvalue weighted by Gasteiger charge is 2.39. The molecule has 4 nitrogen and oxygen atoms in total. The van der Waals surface area contributed by atoms with Gasteiger partial charge in [-0.15, -0.1) is 0 Å². The van der Waals surface area contributed by atoms with Gasteiger partial charge in [-0.2, -0.15) is 0 Å². The minimum absolute atomic E-state index is 0.246. The van der Waals surface area contributed by atoms with Crippen molar-refractivity contribution in [2.45, 2.75) is 18.4 Å². The zero-order valence-corrected chi connectivity index (χ0v) is 16.8. The molecule has 3 aromatic rings. The molecular weight excluding hydrogens is 380 g/mol. The molecule has 0 spiro atoms. The number of benzene rings is 3. The Hall–Kier alpha value is -3.31. The van der Waals surface area contributed by atoms with Crippen LogP contribution < -0.4 is 5.32 Å². The molecule has 144 valence electrons. The van der Waals surface area contributed by atoms with Gasteiger partial charge in [0.15, 0.2) is 0 Å². The molecule has 0 bridgehead atoms. The molecule has 1 aliphatic heterocycles. The summed E-state index contributed by atoms with van der Waals surface area (Å²) in [4.78, 5) is 29.0. The first-order valence-electron chi connectivity index (χ1n) is 9.33. The Labute approximate surface area is 174 Å². The van der Waals surface area contributed by atoms with E-state index in [-0.39, 0.29) is 18.4 Å². The van der Waals surface area contributed by atoms with Crippen LogP contribution in [0.1, 0.15) is 11.1 Å². The van der Waals surface area contributed by atoms with E-state index in [0.29, 0.717) is 10.6 Å². The van der Waals surface area contributed by atoms with E-state index in [2.05, 4.69) is 5.32 Å². The quantitative estimate of drug-likeness (QED) is 0.593. The summed E-state index contributed by atoms with van der Waals surface area (Å²) in [7, 11) is 0. The summed E-state index contributed by atoms with van der Waals surface area (Å²) in [6.45, 7) is 2.26. The molecule has 0 fully saturated rings. The highest BCUT2D eigenvalue weighted by molar-refractivity contribution is 8.04. The molecule has 5 heteroatoms. The van der Waals surface area contributed by atoms with Crippen LogP contribution in [0.3, 0.4) is 0 Å². The molecule has 1 N–H and O–H groups in total. The van der Waals surface area contributed by atoms with Gasteiger partial charge in [0.25, 0.3) is 11.8 Å². The number of para-hydroxylation sites is 1. The van der Waals surface area contributed by atoms with Crippen molar-refractivity contribution in [1.29, 1.82) is 0 Å². The zero-order valence-electron chi connectivity index (χ0n) is 16.0. The summed E-state index contributed by atoms with van der Waals surface area (Å²) in [5, 5.41) is 3.17. The van der Waals surface area contributed by atoms with Gasteiger partial charge in [0.2, 0.25) is 0 Å². The van der Waals surface area contributed by atoms with Gasteiger partial charge >= 0.3 is 0 Å². The topological polar surface area (TPSA) is 49.4 Å². The Morgan fingerprint density at radius 1 is 0.793 bits per heavy atom. The Kier molecular flexibility index (Phi) is 5.49. The smallest absolute Gasteiger partial charge is 0.278 e. The van der Waals surface area contributed by atoms with Gasteiger partial charge in [-0.05, 0) is 36.8 Å². The standard InChI is InChI=1S/C24H20N2O2S/c1-17-12-14-20(15-13-17)29-22-21(25-19-10-6-3-7-11-19)23(27)26(24(22)28)16-18-8-4-2-5-9-18/h2-15,25H,16H2,1H3. The van der Waals surface area contributed by atoms with E-state index in [0.717, 1.165) is 21.7 Å². The van der Waals surface area contributed by atoms with E-state index in [1.165, 1.54) is 16.7 Å². The van der Waals surface area contributed by atoms with Gasteiger partial charge in [-0.25, -0.2) is 0 Å². The third-order valence-corrected chi connectivity index (χ3v) is 5.68. The summed E-state index contributed by atoms with van der Waals surface area (Å²) in [5.41, 5.74) is 3.15. The van der Waals surface area contributed by atoms with Crippen LogP contribution in [0.25, 0.3) is 0 Å².